The number of hydrogen-bond donors (Lipinski definition) is 0. The van der Waals surface area contributed by atoms with Crippen LogP contribution in [0.1, 0.15) is 6.92 Å². The zero-order chi connectivity index (χ0) is 8.53. The van der Waals surface area contributed by atoms with Crippen LogP contribution < -0.4 is 0 Å². The van der Waals surface area contributed by atoms with Crippen molar-refractivity contribution in [1.82, 2.24) is 0 Å². The molecule has 0 heterocycles. The maximum absolute atomic E-state index is 4.96. The normalized spacial score (nSPS) is 8.73. The summed E-state index contributed by atoms with van der Waals surface area (Å²) in [4.78, 5) is 0. The first-order valence-electron chi connectivity index (χ1n) is 2.64. The molecule has 0 rings (SSSR count). The van der Waals surface area contributed by atoms with Gasteiger partial charge in [-0.2, -0.15) is 0 Å². The minimum absolute atomic E-state index is 0.675. The fraction of sp³-hybridized carbons (Fsp3) is 0.143. The molecule has 0 aliphatic carbocycles. The molecule has 0 aromatic rings. The zero-order valence-electron chi connectivity index (χ0n) is 5.92. The van der Waals surface area contributed by atoms with Gasteiger partial charge in [0.1, 0.15) is 0 Å². The van der Waals surface area contributed by atoms with E-state index in [2.05, 4.69) is 41.1 Å². The van der Waals surface area contributed by atoms with E-state index < -0.39 is 7.12 Å². The van der Waals surface area contributed by atoms with Gasteiger partial charge in [-0.3, -0.25) is 0 Å². The van der Waals surface area contributed by atoms with E-state index >= 15 is 0 Å². The molecule has 4 heteroatoms. The van der Waals surface area contributed by atoms with Crippen LogP contribution in [-0.4, -0.2) is 5.43 Å². The van der Waals surface area contributed by atoms with E-state index in [0.29, 0.717) is 0 Å². The summed E-state index contributed by atoms with van der Waals surface area (Å²) < 4.78 is 0. The Balaban J connectivity index is 4.20. The average Bonchev–Trinajstić information content (AvgIpc) is 2.01. The third-order valence-electron chi connectivity index (χ3n) is 0.591. The van der Waals surface area contributed by atoms with Crippen molar-refractivity contribution < 1.29 is 0 Å². The van der Waals surface area contributed by atoms with Crippen molar-refractivity contribution in [3.63, 3.8) is 0 Å². The molecule has 0 aliphatic rings. The van der Waals surface area contributed by atoms with Crippen molar-refractivity contribution in [2.75, 3.05) is 0 Å². The molecule has 1 unspecified atom stereocenters. The standard InChI is InChI=1S/C7H4BPS2/c1-3-5-7-9(6-4-2)11-8-10/h1H,2H3. The molecule has 52 valence electrons. The maximum atomic E-state index is 4.96. The molecule has 0 amide bonds. The Hall–Kier alpha value is -0.255. The summed E-state index contributed by atoms with van der Waals surface area (Å²) in [6, 6.07) is 0. The first kappa shape index (κ1) is 10.7. The van der Waals surface area contributed by atoms with E-state index in [4.69, 9.17) is 6.42 Å². The molecular formula is C7H4BPS2. The second-order valence-corrected chi connectivity index (χ2v) is 4.98. The van der Waals surface area contributed by atoms with Crippen LogP contribution in [-0.2, 0) is 0 Å². The summed E-state index contributed by atoms with van der Waals surface area (Å²) in [7, 11) is -0.675. The van der Waals surface area contributed by atoms with Crippen LogP contribution in [0.4, 0.5) is 0 Å². The first-order valence-corrected chi connectivity index (χ1v) is 5.94. The number of rotatable bonds is 2. The predicted octanol–water partition coefficient (Wildman–Crippen LogP) is 2.42. The number of hydrogen-bond acceptors (Lipinski definition) is 2. The summed E-state index contributed by atoms with van der Waals surface area (Å²) in [6.45, 7) is 1.77. The van der Waals surface area contributed by atoms with Crippen LogP contribution in [0.5, 0.6) is 0 Å². The minimum atomic E-state index is -0.675. The fourth-order valence-electron chi connectivity index (χ4n) is 0.308. The van der Waals surface area contributed by atoms with E-state index in [1.807, 2.05) is 0 Å². The Kier molecular flexibility index (Phi) is 7.67. The van der Waals surface area contributed by atoms with Crippen LogP contribution in [0.15, 0.2) is 0 Å². The van der Waals surface area contributed by atoms with E-state index in [-0.39, 0.29) is 0 Å². The Bertz CT molecular complexity index is 284. The molecular weight excluding hydrogens is 190 g/mol. The van der Waals surface area contributed by atoms with E-state index in [1.165, 1.54) is 11.2 Å². The monoisotopic (exact) mass is 194 g/mol. The van der Waals surface area contributed by atoms with Gasteiger partial charge >= 0.3 is 78.3 Å². The van der Waals surface area contributed by atoms with Gasteiger partial charge in [0.15, 0.2) is 0 Å². The molecule has 11 heavy (non-hydrogen) atoms. The fourth-order valence-corrected chi connectivity index (χ4v) is 2.68. The predicted molar refractivity (Wildman–Crippen MR) is 57.9 cm³/mol. The van der Waals surface area contributed by atoms with Gasteiger partial charge in [0.2, 0.25) is 0 Å². The third-order valence-corrected chi connectivity index (χ3v) is 3.84. The van der Waals surface area contributed by atoms with Gasteiger partial charge in [-0.15, -0.1) is 0 Å². The Morgan fingerprint density at radius 2 is 2.27 bits per heavy atom. The van der Waals surface area contributed by atoms with Crippen molar-refractivity contribution in [2.45, 2.75) is 6.92 Å². The van der Waals surface area contributed by atoms with Gasteiger partial charge in [0.25, 0.3) is 0 Å². The molecule has 0 radical (unpaired) electrons. The van der Waals surface area contributed by atoms with Gasteiger partial charge in [-0.05, 0) is 0 Å². The van der Waals surface area contributed by atoms with Crippen molar-refractivity contribution in [1.29, 1.82) is 0 Å². The average molecular weight is 194 g/mol. The topological polar surface area (TPSA) is 0 Å². The molecule has 0 spiro atoms. The molecule has 1 atom stereocenters. The quantitative estimate of drug-likeness (QED) is 0.376. The van der Waals surface area contributed by atoms with Crippen molar-refractivity contribution in [3.05, 3.63) is 0 Å². The van der Waals surface area contributed by atoms with Gasteiger partial charge < -0.3 is 0 Å². The first-order chi connectivity index (χ1) is 5.35. The van der Waals surface area contributed by atoms with Crippen LogP contribution >= 0.6 is 30.4 Å². The van der Waals surface area contributed by atoms with Gasteiger partial charge in [0.05, 0.1) is 0 Å². The van der Waals surface area contributed by atoms with Crippen LogP contribution in [0.3, 0.4) is 0 Å². The molecule has 0 N–H and O–H groups in total. The SMILES string of the molecule is C#CC#CP(C#CC)SB=S. The van der Waals surface area contributed by atoms with Crippen LogP contribution in [0.25, 0.3) is 0 Å². The van der Waals surface area contributed by atoms with Crippen LogP contribution in [0.2, 0.25) is 0 Å². The molecule has 0 fully saturated rings. The molecule has 0 saturated heterocycles. The molecule has 0 aromatic heterocycles. The van der Waals surface area contributed by atoms with E-state index in [0.717, 1.165) is 0 Å². The summed E-state index contributed by atoms with van der Waals surface area (Å²) in [5.74, 6) is 7.56. The van der Waals surface area contributed by atoms with Crippen molar-refractivity contribution in [3.8, 4) is 35.5 Å². The van der Waals surface area contributed by atoms with Gasteiger partial charge in [0, 0.05) is 0 Å². The molecule has 0 aliphatic heterocycles. The second-order valence-electron chi connectivity index (χ2n) is 1.24. The van der Waals surface area contributed by atoms with Crippen molar-refractivity contribution >= 4 is 35.8 Å². The summed E-state index contributed by atoms with van der Waals surface area (Å²) in [6.07, 6.45) is 4.96. The third kappa shape index (κ3) is 6.16. The Morgan fingerprint density at radius 1 is 1.55 bits per heavy atom. The van der Waals surface area contributed by atoms with E-state index in [9.17, 15) is 0 Å². The Morgan fingerprint density at radius 3 is 2.73 bits per heavy atom. The second kappa shape index (κ2) is 7.85. The summed E-state index contributed by atoms with van der Waals surface area (Å²) >= 11 is 6.11. The van der Waals surface area contributed by atoms with Gasteiger partial charge in [-0.1, -0.05) is 0 Å². The van der Waals surface area contributed by atoms with E-state index in [1.54, 1.807) is 12.4 Å². The van der Waals surface area contributed by atoms with Gasteiger partial charge in [-0.25, -0.2) is 0 Å². The van der Waals surface area contributed by atoms with Crippen molar-refractivity contribution in [2.24, 2.45) is 0 Å². The zero-order valence-corrected chi connectivity index (χ0v) is 8.45. The summed E-state index contributed by atoms with van der Waals surface area (Å²) in [5.41, 5.74) is 7.34. The molecule has 0 nitrogen and oxygen atoms in total. The Labute approximate surface area is 78.4 Å². The molecule has 0 saturated carbocycles. The number of terminal acetylenes is 1. The van der Waals surface area contributed by atoms with Crippen LogP contribution in [0, 0.1) is 35.5 Å². The molecule has 0 aromatic carbocycles. The molecule has 0 bridgehead atoms. The summed E-state index contributed by atoms with van der Waals surface area (Å²) in [5, 5.41) is 0.